The number of para-hydroxylation sites is 2. The van der Waals surface area contributed by atoms with E-state index >= 15 is 0 Å². The van der Waals surface area contributed by atoms with Gasteiger partial charge >= 0.3 is 12.1 Å². The Morgan fingerprint density at radius 3 is 2.50 bits per heavy atom. The number of carbonyl (C=O) groups excluding carboxylic acids is 1. The Balaban J connectivity index is 1.61. The number of carbonyl (C=O) groups is 1. The van der Waals surface area contributed by atoms with Gasteiger partial charge in [-0.15, -0.1) is 0 Å². The molecule has 3 aromatic rings. The van der Waals surface area contributed by atoms with Gasteiger partial charge in [0.2, 0.25) is 11.9 Å². The van der Waals surface area contributed by atoms with E-state index in [-0.39, 0.29) is 24.3 Å². The first-order chi connectivity index (χ1) is 15.2. The highest BCUT2D eigenvalue weighted by Gasteiger charge is 2.29. The average Bonchev–Trinajstić information content (AvgIpc) is 2.76. The second-order valence-corrected chi connectivity index (χ2v) is 6.32. The summed E-state index contributed by atoms with van der Waals surface area (Å²) in [5, 5.41) is 2.95. The maximum absolute atomic E-state index is 12.6. The molecule has 166 valence electrons. The lowest BCUT2D eigenvalue weighted by Crippen LogP contribution is -2.10. The third kappa shape index (κ3) is 6.17. The van der Waals surface area contributed by atoms with E-state index in [4.69, 9.17) is 15.2 Å². The molecule has 3 N–H and O–H groups in total. The highest BCUT2D eigenvalue weighted by atomic mass is 19.4. The van der Waals surface area contributed by atoms with Gasteiger partial charge in [-0.2, -0.15) is 28.1 Å². The Morgan fingerprint density at radius 2 is 1.81 bits per heavy atom. The van der Waals surface area contributed by atoms with Crippen LogP contribution in [0.25, 0.3) is 6.08 Å². The summed E-state index contributed by atoms with van der Waals surface area (Å²) in [7, 11) is 1.52. The molecule has 1 aromatic heterocycles. The van der Waals surface area contributed by atoms with Gasteiger partial charge in [0, 0.05) is 6.08 Å². The van der Waals surface area contributed by atoms with E-state index in [9.17, 15) is 18.0 Å². The van der Waals surface area contributed by atoms with Gasteiger partial charge in [-0.1, -0.05) is 24.3 Å². The molecule has 0 aliphatic carbocycles. The second-order valence-electron chi connectivity index (χ2n) is 6.32. The lowest BCUT2D eigenvalue weighted by molar-refractivity contribution is -0.139. The number of rotatable bonds is 7. The summed E-state index contributed by atoms with van der Waals surface area (Å²) in [4.78, 5) is 24.0. The first-order valence-corrected chi connectivity index (χ1v) is 9.17. The predicted octanol–water partition coefficient (Wildman–Crippen LogP) is 3.98. The minimum atomic E-state index is -4.42. The summed E-state index contributed by atoms with van der Waals surface area (Å²) in [5.41, 5.74) is 5.93. The molecule has 0 aliphatic heterocycles. The number of nitrogens with one attached hydrogen (secondary N) is 1. The summed E-state index contributed by atoms with van der Waals surface area (Å²) in [5.74, 6) is -0.0146. The van der Waals surface area contributed by atoms with Gasteiger partial charge in [0.25, 0.3) is 0 Å². The zero-order valence-electron chi connectivity index (χ0n) is 16.8. The van der Waals surface area contributed by atoms with E-state index in [0.29, 0.717) is 17.0 Å². The zero-order valence-corrected chi connectivity index (χ0v) is 16.8. The van der Waals surface area contributed by atoms with Crippen LogP contribution < -0.4 is 15.8 Å². The first kappa shape index (κ1) is 22.5. The molecule has 0 amide bonds. The summed E-state index contributed by atoms with van der Waals surface area (Å²) < 4.78 is 48.1. The number of nitrogen functional groups attached to an aromatic ring is 1. The van der Waals surface area contributed by atoms with Crippen molar-refractivity contribution in [2.45, 2.75) is 12.8 Å². The SMILES string of the molecule is COc1ccccc1Nc1nc(N)nc(COC(=O)/C=C/c2ccc(C(F)(F)F)cc2)n1. The number of anilines is 3. The third-order valence-electron chi connectivity index (χ3n) is 4.05. The van der Waals surface area contributed by atoms with E-state index in [1.54, 1.807) is 24.3 Å². The number of alkyl halides is 3. The summed E-state index contributed by atoms with van der Waals surface area (Å²) >= 11 is 0. The fourth-order valence-electron chi connectivity index (χ4n) is 2.56. The number of ether oxygens (including phenoxy) is 2. The van der Waals surface area contributed by atoms with Crippen molar-refractivity contribution in [3.05, 3.63) is 71.6 Å². The van der Waals surface area contributed by atoms with Crippen molar-refractivity contribution in [1.82, 2.24) is 15.0 Å². The third-order valence-corrected chi connectivity index (χ3v) is 4.05. The zero-order chi connectivity index (χ0) is 23.1. The molecule has 0 saturated heterocycles. The standard InChI is InChI=1S/C21H18F3N5O3/c1-31-16-5-3-2-4-15(16)26-20-28-17(27-19(25)29-20)12-32-18(30)11-8-13-6-9-14(10-7-13)21(22,23)24/h2-11H,12H2,1H3,(H3,25,26,27,28,29)/b11-8+. The van der Waals surface area contributed by atoms with Gasteiger partial charge in [0.1, 0.15) is 5.75 Å². The number of methoxy groups -OCH3 is 1. The molecule has 0 unspecified atom stereocenters. The summed E-state index contributed by atoms with van der Waals surface area (Å²) in [6.07, 6.45) is -2.01. The summed E-state index contributed by atoms with van der Waals surface area (Å²) in [6, 6.07) is 11.4. The maximum atomic E-state index is 12.6. The minimum Gasteiger partial charge on any atom is -0.495 e. The summed E-state index contributed by atoms with van der Waals surface area (Å²) in [6.45, 7) is -0.288. The lowest BCUT2D eigenvalue weighted by atomic mass is 10.1. The van der Waals surface area contributed by atoms with Crippen molar-refractivity contribution in [3.8, 4) is 5.75 Å². The average molecular weight is 445 g/mol. The molecule has 2 aromatic carbocycles. The molecule has 8 nitrogen and oxygen atoms in total. The monoisotopic (exact) mass is 445 g/mol. The molecular weight excluding hydrogens is 427 g/mol. The van der Waals surface area contributed by atoms with Crippen molar-refractivity contribution < 1.29 is 27.4 Å². The van der Waals surface area contributed by atoms with Crippen LogP contribution in [0.2, 0.25) is 0 Å². The van der Waals surface area contributed by atoms with Crippen LogP contribution in [0.15, 0.2) is 54.6 Å². The fraction of sp³-hybridized carbons (Fsp3) is 0.143. The molecule has 3 rings (SSSR count). The van der Waals surface area contributed by atoms with Crippen molar-refractivity contribution in [3.63, 3.8) is 0 Å². The van der Waals surface area contributed by atoms with Crippen LogP contribution in [-0.4, -0.2) is 28.0 Å². The van der Waals surface area contributed by atoms with Crippen molar-refractivity contribution in [2.75, 3.05) is 18.2 Å². The van der Waals surface area contributed by atoms with Crippen LogP contribution >= 0.6 is 0 Å². The number of halogens is 3. The Hall–Kier alpha value is -4.15. The minimum absolute atomic E-state index is 0.0799. The highest BCUT2D eigenvalue weighted by Crippen LogP contribution is 2.29. The van der Waals surface area contributed by atoms with E-state index in [2.05, 4.69) is 20.3 Å². The van der Waals surface area contributed by atoms with Gasteiger partial charge < -0.3 is 20.5 Å². The fourth-order valence-corrected chi connectivity index (χ4v) is 2.56. The van der Waals surface area contributed by atoms with Crippen LogP contribution in [-0.2, 0) is 22.3 Å². The van der Waals surface area contributed by atoms with Crippen molar-refractivity contribution in [2.24, 2.45) is 0 Å². The number of hydrogen-bond donors (Lipinski definition) is 2. The van der Waals surface area contributed by atoms with Gasteiger partial charge in [-0.25, -0.2) is 4.79 Å². The van der Waals surface area contributed by atoms with E-state index in [0.717, 1.165) is 18.2 Å². The Labute approximate surface area is 180 Å². The Kier molecular flexibility index (Phi) is 6.88. The molecule has 32 heavy (non-hydrogen) atoms. The van der Waals surface area contributed by atoms with Crippen LogP contribution in [0.3, 0.4) is 0 Å². The molecule has 1 heterocycles. The van der Waals surface area contributed by atoms with Crippen LogP contribution in [0, 0.1) is 0 Å². The predicted molar refractivity (Wildman–Crippen MR) is 111 cm³/mol. The topological polar surface area (TPSA) is 112 Å². The van der Waals surface area contributed by atoms with Gasteiger partial charge in [-0.05, 0) is 35.9 Å². The molecule has 0 fully saturated rings. The van der Waals surface area contributed by atoms with E-state index in [1.165, 1.54) is 25.3 Å². The molecule has 0 spiro atoms. The quantitative estimate of drug-likeness (QED) is 0.415. The molecular formula is C21H18F3N5O3. The van der Waals surface area contributed by atoms with Crippen LogP contribution in [0.1, 0.15) is 17.0 Å². The van der Waals surface area contributed by atoms with Crippen molar-refractivity contribution >= 4 is 29.6 Å². The molecule has 0 radical (unpaired) electrons. The molecule has 0 atom stereocenters. The molecule has 0 saturated carbocycles. The lowest BCUT2D eigenvalue weighted by Gasteiger charge is -2.10. The Morgan fingerprint density at radius 1 is 1.09 bits per heavy atom. The van der Waals surface area contributed by atoms with Gasteiger partial charge in [0.05, 0.1) is 18.4 Å². The maximum Gasteiger partial charge on any atom is 0.416 e. The number of hydrogen-bond acceptors (Lipinski definition) is 8. The molecule has 0 aliphatic rings. The van der Waals surface area contributed by atoms with Crippen LogP contribution in [0.5, 0.6) is 5.75 Å². The van der Waals surface area contributed by atoms with E-state index < -0.39 is 17.7 Å². The Bertz CT molecular complexity index is 1120. The number of nitrogens with two attached hydrogens (primary N) is 1. The highest BCUT2D eigenvalue weighted by molar-refractivity contribution is 5.87. The number of aromatic nitrogens is 3. The van der Waals surface area contributed by atoms with Crippen molar-refractivity contribution in [1.29, 1.82) is 0 Å². The second kappa shape index (κ2) is 9.77. The molecule has 11 heteroatoms. The smallest absolute Gasteiger partial charge is 0.416 e. The molecule has 0 bridgehead atoms. The van der Waals surface area contributed by atoms with E-state index in [1.807, 2.05) is 0 Å². The van der Waals surface area contributed by atoms with Gasteiger partial charge in [-0.3, -0.25) is 0 Å². The van der Waals surface area contributed by atoms with Crippen LogP contribution in [0.4, 0.5) is 30.8 Å². The number of esters is 1. The number of nitrogens with zero attached hydrogens (tertiary/aromatic N) is 3. The normalized spacial score (nSPS) is 11.4. The number of benzene rings is 2. The largest absolute Gasteiger partial charge is 0.495 e. The first-order valence-electron chi connectivity index (χ1n) is 9.17. The van der Waals surface area contributed by atoms with Gasteiger partial charge in [0.15, 0.2) is 12.4 Å².